The Morgan fingerprint density at radius 2 is 1.96 bits per heavy atom. The van der Waals surface area contributed by atoms with Gasteiger partial charge in [0.25, 0.3) is 0 Å². The summed E-state index contributed by atoms with van der Waals surface area (Å²) < 4.78 is 14.4. The van der Waals surface area contributed by atoms with E-state index in [1.54, 1.807) is 0 Å². The second-order valence-electron chi connectivity index (χ2n) is 15.8. The highest BCUT2D eigenvalue weighted by atomic mass is 28.3. The van der Waals surface area contributed by atoms with Gasteiger partial charge in [-0.25, -0.2) is 4.68 Å². The Balaban J connectivity index is 1.45. The van der Waals surface area contributed by atoms with Gasteiger partial charge in [-0.15, -0.1) is 5.10 Å². The molecule has 0 amide bonds. The molecule has 0 saturated carbocycles. The Kier molecular flexibility index (Phi) is 9.57. The van der Waals surface area contributed by atoms with Gasteiger partial charge < -0.3 is 9.47 Å². The summed E-state index contributed by atoms with van der Waals surface area (Å²) in [6.45, 7) is 19.7. The maximum atomic E-state index is 14.2. The lowest BCUT2D eigenvalue weighted by atomic mass is 9.69. The van der Waals surface area contributed by atoms with E-state index in [2.05, 4.69) is 99.8 Å². The van der Waals surface area contributed by atoms with E-state index in [4.69, 9.17) is 14.5 Å². The van der Waals surface area contributed by atoms with Gasteiger partial charge in [0, 0.05) is 40.3 Å². The molecular formula is C39H53N5O3Si. The van der Waals surface area contributed by atoms with E-state index in [-0.39, 0.29) is 24.0 Å². The summed E-state index contributed by atoms with van der Waals surface area (Å²) in [6.07, 6.45) is 6.15. The number of pyridine rings is 1. The van der Waals surface area contributed by atoms with Crippen molar-refractivity contribution in [2.45, 2.75) is 111 Å². The smallest absolute Gasteiger partial charge is 0.312 e. The Morgan fingerprint density at radius 1 is 1.17 bits per heavy atom. The van der Waals surface area contributed by atoms with Crippen LogP contribution in [0.5, 0.6) is 5.75 Å². The van der Waals surface area contributed by atoms with Crippen LogP contribution < -0.4 is 4.74 Å². The number of ether oxygens (including phenoxy) is 2. The van der Waals surface area contributed by atoms with Crippen LogP contribution in [-0.4, -0.2) is 58.2 Å². The van der Waals surface area contributed by atoms with Crippen molar-refractivity contribution >= 4 is 25.1 Å². The van der Waals surface area contributed by atoms with Crippen molar-refractivity contribution in [1.29, 1.82) is 0 Å². The summed E-state index contributed by atoms with van der Waals surface area (Å²) in [5.41, 5.74) is 9.54. The molecule has 1 aliphatic carbocycles. The fraction of sp³-hybridized carbons (Fsp3) is 0.538. The molecule has 2 aliphatic rings. The number of hydrogen-bond donors (Lipinski definition) is 0. The summed E-state index contributed by atoms with van der Waals surface area (Å²) in [4.78, 5) is 21.5. The summed E-state index contributed by atoms with van der Waals surface area (Å²) in [6, 6.07) is 14.1. The maximum Gasteiger partial charge on any atom is 0.312 e. The molecule has 2 aromatic heterocycles. The molecule has 1 aliphatic heterocycles. The van der Waals surface area contributed by atoms with Crippen LogP contribution in [0.2, 0.25) is 25.7 Å². The first-order valence-electron chi connectivity index (χ1n) is 17.7. The monoisotopic (exact) mass is 667 g/mol. The third-order valence-electron chi connectivity index (χ3n) is 10.7. The van der Waals surface area contributed by atoms with Crippen molar-refractivity contribution in [3.63, 3.8) is 0 Å². The molecule has 0 saturated heterocycles. The number of aromatic nitrogens is 4. The van der Waals surface area contributed by atoms with Gasteiger partial charge in [0.2, 0.25) is 0 Å². The molecule has 0 N–H and O–H groups in total. The second-order valence-corrected chi connectivity index (χ2v) is 21.4. The molecule has 0 fully saturated rings. The van der Waals surface area contributed by atoms with Crippen LogP contribution >= 0.6 is 0 Å². The van der Waals surface area contributed by atoms with Crippen molar-refractivity contribution in [2.24, 2.45) is 12.5 Å². The van der Waals surface area contributed by atoms with E-state index in [0.717, 1.165) is 84.0 Å². The lowest BCUT2D eigenvalue weighted by Gasteiger charge is -2.35. The van der Waals surface area contributed by atoms with Gasteiger partial charge in [-0.3, -0.25) is 14.7 Å². The standard InChI is InChI=1S/C39H53N5O3Si/c1-10-30-24-44(26(3)37-34(47-30)15-12-18-40-37)23-29-22-28(21-27-13-11-14-32(27)29)35(39(4,5)38(45)46-19-20-48(7,8)9)31-16-17-33-36(25(31)2)41-42-43(33)6/h12,15-18,21-22,26,30,35H,10-11,13-14,19-20,23-24H2,1-9H3/t26-,30+,35-/m0/s1. The van der Waals surface area contributed by atoms with Crippen molar-refractivity contribution in [1.82, 2.24) is 24.9 Å². The first kappa shape index (κ1) is 34.3. The lowest BCUT2D eigenvalue weighted by Crippen LogP contribution is -2.36. The largest absolute Gasteiger partial charge is 0.487 e. The maximum absolute atomic E-state index is 14.2. The Morgan fingerprint density at radius 3 is 2.71 bits per heavy atom. The minimum atomic E-state index is -1.37. The van der Waals surface area contributed by atoms with Crippen molar-refractivity contribution < 1.29 is 14.3 Å². The molecule has 256 valence electrons. The first-order valence-corrected chi connectivity index (χ1v) is 21.5. The number of benzene rings is 2. The molecule has 0 unspecified atom stereocenters. The van der Waals surface area contributed by atoms with Crippen LogP contribution in [0.1, 0.15) is 91.6 Å². The lowest BCUT2D eigenvalue weighted by molar-refractivity contribution is -0.154. The number of nitrogens with zero attached hydrogens (tertiary/aromatic N) is 5. The zero-order valence-electron chi connectivity index (χ0n) is 30.4. The average Bonchev–Trinajstić information content (AvgIpc) is 3.64. The van der Waals surface area contributed by atoms with E-state index in [1.807, 2.05) is 24.0 Å². The number of carbonyl (C=O) groups excluding carboxylic acids is 1. The summed E-state index contributed by atoms with van der Waals surface area (Å²) in [7, 11) is 0.553. The van der Waals surface area contributed by atoms with Gasteiger partial charge in [-0.2, -0.15) is 0 Å². The predicted molar refractivity (Wildman–Crippen MR) is 194 cm³/mol. The van der Waals surface area contributed by atoms with Crippen molar-refractivity contribution in [2.75, 3.05) is 13.2 Å². The van der Waals surface area contributed by atoms with E-state index in [1.165, 1.54) is 16.7 Å². The molecule has 3 atom stereocenters. The Hall–Kier alpha value is -3.56. The normalized spacial score (nSPS) is 19.0. The molecule has 0 radical (unpaired) electrons. The predicted octanol–water partition coefficient (Wildman–Crippen LogP) is 7.93. The zero-order valence-corrected chi connectivity index (χ0v) is 31.4. The van der Waals surface area contributed by atoms with E-state index in [9.17, 15) is 4.79 Å². The molecule has 9 heteroatoms. The van der Waals surface area contributed by atoms with Gasteiger partial charge >= 0.3 is 5.97 Å². The fourth-order valence-electron chi connectivity index (χ4n) is 7.69. The summed E-state index contributed by atoms with van der Waals surface area (Å²) in [5, 5.41) is 8.86. The number of fused-ring (bicyclic) bond motifs is 3. The fourth-order valence-corrected chi connectivity index (χ4v) is 8.41. The van der Waals surface area contributed by atoms with Crippen LogP contribution in [0.3, 0.4) is 0 Å². The third kappa shape index (κ3) is 6.68. The van der Waals surface area contributed by atoms with Gasteiger partial charge in [-0.05, 0) is 111 Å². The molecule has 0 bridgehead atoms. The molecule has 8 nitrogen and oxygen atoms in total. The second kappa shape index (κ2) is 13.4. The molecule has 48 heavy (non-hydrogen) atoms. The highest BCUT2D eigenvalue weighted by molar-refractivity contribution is 6.76. The topological polar surface area (TPSA) is 82.4 Å². The SMILES string of the molecule is CC[C@@H]1CN(Cc2cc([C@@H](c3ccc4c(nnn4C)c3C)C(C)(C)C(=O)OCC[Si](C)(C)C)cc3c2CCC3)[C@@H](C)c2ncccc2O1. The van der Waals surface area contributed by atoms with E-state index in [0.29, 0.717) is 6.61 Å². The van der Waals surface area contributed by atoms with Crippen LogP contribution in [0.25, 0.3) is 11.0 Å². The number of esters is 1. The summed E-state index contributed by atoms with van der Waals surface area (Å²) >= 11 is 0. The van der Waals surface area contributed by atoms with Gasteiger partial charge in [0.1, 0.15) is 17.4 Å². The van der Waals surface area contributed by atoms with Crippen molar-refractivity contribution in [3.8, 4) is 5.75 Å². The first-order chi connectivity index (χ1) is 22.8. The molecule has 0 spiro atoms. The Labute approximate surface area is 287 Å². The van der Waals surface area contributed by atoms with Crippen LogP contribution in [-0.2, 0) is 36.0 Å². The third-order valence-corrected chi connectivity index (χ3v) is 12.4. The number of rotatable bonds is 10. The van der Waals surface area contributed by atoms with Crippen LogP contribution in [0, 0.1) is 12.3 Å². The molecule has 4 aromatic rings. The summed E-state index contributed by atoms with van der Waals surface area (Å²) in [5.74, 6) is 0.504. The van der Waals surface area contributed by atoms with Gasteiger partial charge in [0.15, 0.2) is 0 Å². The Bertz CT molecular complexity index is 1810. The highest BCUT2D eigenvalue weighted by Gasteiger charge is 2.42. The minimum absolute atomic E-state index is 0.0908. The van der Waals surface area contributed by atoms with Gasteiger partial charge in [0.05, 0.1) is 29.3 Å². The molecule has 6 rings (SSSR count). The van der Waals surface area contributed by atoms with Crippen LogP contribution in [0.15, 0.2) is 42.6 Å². The van der Waals surface area contributed by atoms with E-state index >= 15 is 0 Å². The van der Waals surface area contributed by atoms with Crippen molar-refractivity contribution in [3.05, 3.63) is 81.7 Å². The molecular weight excluding hydrogens is 615 g/mol. The van der Waals surface area contributed by atoms with E-state index < -0.39 is 13.5 Å². The zero-order chi connectivity index (χ0) is 34.4. The number of carbonyl (C=O) groups is 1. The quantitative estimate of drug-likeness (QED) is 0.125. The molecule has 3 heterocycles. The average molecular weight is 668 g/mol. The molecule has 2 aromatic carbocycles. The number of hydrogen-bond acceptors (Lipinski definition) is 7. The number of aryl methyl sites for hydroxylation is 3. The van der Waals surface area contributed by atoms with Gasteiger partial charge in [-0.1, -0.05) is 50.0 Å². The minimum Gasteiger partial charge on any atom is -0.487 e. The highest BCUT2D eigenvalue weighted by Crippen LogP contribution is 2.46. The van der Waals surface area contributed by atoms with Crippen LogP contribution in [0.4, 0.5) is 0 Å².